The molecule has 3 heterocycles. The molecule has 6 nitrogen and oxygen atoms in total. The molecule has 0 radical (unpaired) electrons. The number of nitrogens with zero attached hydrogens (tertiary/aromatic N) is 2. The average molecular weight is 395 g/mol. The van der Waals surface area contributed by atoms with E-state index in [1.165, 1.54) is 0 Å². The Hall–Kier alpha value is -2.83. The number of hydrogen-bond donors (Lipinski definition) is 2. The number of benzene rings is 2. The second-order valence-corrected chi connectivity index (χ2v) is 7.63. The van der Waals surface area contributed by atoms with Crippen LogP contribution in [-0.4, -0.2) is 40.4 Å². The van der Waals surface area contributed by atoms with Crippen LogP contribution in [0.15, 0.2) is 59.7 Å². The normalized spacial score (nSPS) is 18.3. The highest BCUT2D eigenvalue weighted by molar-refractivity contribution is 6.30. The van der Waals surface area contributed by atoms with Crippen LogP contribution < -0.4 is 5.48 Å². The zero-order chi connectivity index (χ0) is 19.1. The zero-order valence-electron chi connectivity index (χ0n) is 15.1. The van der Waals surface area contributed by atoms with Crippen LogP contribution in [0.3, 0.4) is 0 Å². The minimum Gasteiger partial charge on any atom is -0.361 e. The number of amides is 1. The maximum Gasteiger partial charge on any atom is 0.253 e. The van der Waals surface area contributed by atoms with Crippen LogP contribution in [0.5, 0.6) is 0 Å². The first-order chi connectivity index (χ1) is 13.6. The van der Waals surface area contributed by atoms with E-state index in [9.17, 15) is 4.79 Å². The van der Waals surface area contributed by atoms with Gasteiger partial charge in [-0.05, 0) is 47.9 Å². The Kier molecular flexibility index (Phi) is 4.10. The Morgan fingerprint density at radius 2 is 1.89 bits per heavy atom. The minimum absolute atomic E-state index is 0.0409. The summed E-state index contributed by atoms with van der Waals surface area (Å²) in [5, 5.41) is 1.78. The summed E-state index contributed by atoms with van der Waals surface area (Å²) in [5.41, 5.74) is 4.93. The number of H-pyrrole nitrogens is 1. The quantitative estimate of drug-likeness (QED) is 0.695. The van der Waals surface area contributed by atoms with Crippen molar-refractivity contribution in [2.75, 3.05) is 13.1 Å². The number of amidine groups is 1. The molecular weight excluding hydrogens is 376 g/mol. The van der Waals surface area contributed by atoms with Crippen LogP contribution in [0.25, 0.3) is 10.9 Å². The maximum atomic E-state index is 12.9. The van der Waals surface area contributed by atoms with Gasteiger partial charge in [-0.15, -0.1) is 0 Å². The lowest BCUT2D eigenvalue weighted by Crippen LogP contribution is -2.46. The number of fused-ring (bicyclic) bond motifs is 1. The van der Waals surface area contributed by atoms with Gasteiger partial charge in [-0.2, -0.15) is 0 Å². The van der Waals surface area contributed by atoms with E-state index in [-0.39, 0.29) is 5.91 Å². The Morgan fingerprint density at radius 1 is 1.11 bits per heavy atom. The topological polar surface area (TPSA) is 69.7 Å². The molecule has 1 amide bonds. The van der Waals surface area contributed by atoms with Crippen molar-refractivity contribution in [3.8, 4) is 0 Å². The molecule has 0 unspecified atom stereocenters. The van der Waals surface area contributed by atoms with E-state index in [4.69, 9.17) is 21.4 Å². The van der Waals surface area contributed by atoms with Crippen LogP contribution in [0.2, 0.25) is 5.02 Å². The fourth-order valence-electron chi connectivity index (χ4n) is 3.76. The lowest BCUT2D eigenvalue weighted by molar-refractivity contribution is -0.0849. The number of hydrogen-bond acceptors (Lipinski definition) is 4. The number of nitrogens with one attached hydrogen (secondary N) is 2. The van der Waals surface area contributed by atoms with E-state index in [2.05, 4.69) is 10.5 Å². The van der Waals surface area contributed by atoms with Crippen LogP contribution in [-0.2, 0) is 4.84 Å². The van der Waals surface area contributed by atoms with Gasteiger partial charge in [-0.1, -0.05) is 17.7 Å². The first kappa shape index (κ1) is 17.3. The van der Waals surface area contributed by atoms with E-state index in [0.717, 1.165) is 16.5 Å². The first-order valence-electron chi connectivity index (χ1n) is 9.28. The van der Waals surface area contributed by atoms with Gasteiger partial charge in [0, 0.05) is 53.8 Å². The largest absolute Gasteiger partial charge is 0.361 e. The molecule has 5 rings (SSSR count). The van der Waals surface area contributed by atoms with Crippen LogP contribution >= 0.6 is 11.6 Å². The standard InChI is InChI=1S/C21H19ClN4O2/c22-17-5-3-15(4-6-17)19-24-21(28-25-19)8-11-26(12-9-21)20(27)16-2-1-14-7-10-23-18(14)13-16/h1-7,10,13,23H,8-9,11-12H2,(H,24,25). The molecule has 0 atom stereocenters. The lowest BCUT2D eigenvalue weighted by atomic mass is 10.00. The van der Waals surface area contributed by atoms with Gasteiger partial charge in [-0.25, -0.2) is 15.3 Å². The highest BCUT2D eigenvalue weighted by atomic mass is 35.5. The number of halogens is 1. The Bertz CT molecular complexity index is 1070. The molecule has 0 aliphatic carbocycles. The van der Waals surface area contributed by atoms with Crippen molar-refractivity contribution >= 4 is 34.2 Å². The molecule has 7 heteroatoms. The van der Waals surface area contributed by atoms with Crippen LogP contribution in [0.4, 0.5) is 0 Å². The van der Waals surface area contributed by atoms with Crippen molar-refractivity contribution in [3.05, 3.63) is 70.9 Å². The molecule has 28 heavy (non-hydrogen) atoms. The number of piperidine rings is 1. The van der Waals surface area contributed by atoms with E-state index in [1.807, 2.05) is 59.6 Å². The Labute approximate surface area is 167 Å². The van der Waals surface area contributed by atoms with E-state index >= 15 is 0 Å². The summed E-state index contributed by atoms with van der Waals surface area (Å²) in [6.07, 6.45) is 3.17. The van der Waals surface area contributed by atoms with E-state index < -0.39 is 5.72 Å². The number of aromatic nitrogens is 1. The Balaban J connectivity index is 1.29. The van der Waals surface area contributed by atoms with Gasteiger partial charge < -0.3 is 9.88 Å². The van der Waals surface area contributed by atoms with Gasteiger partial charge in [0.2, 0.25) is 0 Å². The summed E-state index contributed by atoms with van der Waals surface area (Å²) in [6.45, 7) is 1.20. The lowest BCUT2D eigenvalue weighted by Gasteiger charge is -2.35. The number of hydroxylamine groups is 1. The minimum atomic E-state index is -0.616. The predicted molar refractivity (Wildman–Crippen MR) is 108 cm³/mol. The summed E-state index contributed by atoms with van der Waals surface area (Å²) in [5.74, 6) is 0.743. The summed E-state index contributed by atoms with van der Waals surface area (Å²) >= 11 is 5.95. The third kappa shape index (κ3) is 3.04. The average Bonchev–Trinajstić information content (AvgIpc) is 3.35. The molecule has 2 aliphatic rings. The molecule has 142 valence electrons. The molecule has 1 fully saturated rings. The fraction of sp³-hybridized carbons (Fsp3) is 0.238. The van der Waals surface area contributed by atoms with Gasteiger partial charge in [0.05, 0.1) is 0 Å². The predicted octanol–water partition coefficient (Wildman–Crippen LogP) is 3.74. The highest BCUT2D eigenvalue weighted by Gasteiger charge is 2.41. The molecule has 1 saturated heterocycles. The number of carbonyl (C=O) groups is 1. The fourth-order valence-corrected chi connectivity index (χ4v) is 3.89. The molecule has 1 spiro atoms. The second-order valence-electron chi connectivity index (χ2n) is 7.19. The molecule has 3 aromatic rings. The van der Waals surface area contributed by atoms with Crippen molar-refractivity contribution in [1.29, 1.82) is 0 Å². The van der Waals surface area contributed by atoms with Crippen molar-refractivity contribution in [1.82, 2.24) is 15.4 Å². The maximum absolute atomic E-state index is 12.9. The van der Waals surface area contributed by atoms with Gasteiger partial charge in [0.25, 0.3) is 5.91 Å². The number of aliphatic imine (C=N–C) groups is 1. The number of rotatable bonds is 2. The van der Waals surface area contributed by atoms with Crippen LogP contribution in [0.1, 0.15) is 28.8 Å². The zero-order valence-corrected chi connectivity index (χ0v) is 15.9. The van der Waals surface area contributed by atoms with Crippen LogP contribution in [0, 0.1) is 0 Å². The molecule has 0 bridgehead atoms. The third-order valence-electron chi connectivity index (χ3n) is 5.40. The Morgan fingerprint density at radius 3 is 2.68 bits per heavy atom. The SMILES string of the molecule is O=C(c1ccc2cc[nH]c2c1)N1CCC2(CC1)N=C(c1ccc(Cl)cc1)NO2. The second kappa shape index (κ2) is 6.65. The summed E-state index contributed by atoms with van der Waals surface area (Å²) in [6, 6.07) is 15.2. The molecule has 2 aliphatic heterocycles. The van der Waals surface area contributed by atoms with Gasteiger partial charge in [-0.3, -0.25) is 4.79 Å². The monoisotopic (exact) mass is 394 g/mol. The smallest absolute Gasteiger partial charge is 0.253 e. The summed E-state index contributed by atoms with van der Waals surface area (Å²) in [4.78, 5) is 28.5. The van der Waals surface area contributed by atoms with Gasteiger partial charge in [0.15, 0.2) is 11.6 Å². The van der Waals surface area contributed by atoms with Gasteiger partial charge >= 0.3 is 0 Å². The van der Waals surface area contributed by atoms with Crippen molar-refractivity contribution in [2.24, 2.45) is 4.99 Å². The number of aromatic amines is 1. The molecule has 1 aromatic heterocycles. The molecule has 0 saturated carbocycles. The highest BCUT2D eigenvalue weighted by Crippen LogP contribution is 2.32. The summed E-state index contributed by atoms with van der Waals surface area (Å²) in [7, 11) is 0. The number of likely N-dealkylation sites (tertiary alicyclic amines) is 1. The van der Waals surface area contributed by atoms with Crippen molar-refractivity contribution in [3.63, 3.8) is 0 Å². The number of carbonyl (C=O) groups excluding carboxylic acids is 1. The molecular formula is C21H19ClN4O2. The third-order valence-corrected chi connectivity index (χ3v) is 5.66. The molecule has 2 aromatic carbocycles. The first-order valence-corrected chi connectivity index (χ1v) is 9.66. The van der Waals surface area contributed by atoms with E-state index in [0.29, 0.717) is 42.4 Å². The van der Waals surface area contributed by atoms with E-state index in [1.54, 1.807) is 0 Å². The van der Waals surface area contributed by atoms with Crippen molar-refractivity contribution in [2.45, 2.75) is 18.6 Å². The van der Waals surface area contributed by atoms with Crippen molar-refractivity contribution < 1.29 is 9.63 Å². The molecule has 2 N–H and O–H groups in total. The van der Waals surface area contributed by atoms with Gasteiger partial charge in [0.1, 0.15) is 0 Å². The summed E-state index contributed by atoms with van der Waals surface area (Å²) < 4.78 is 0.